The van der Waals surface area contributed by atoms with Crippen molar-refractivity contribution >= 4 is 11.9 Å². The Labute approximate surface area is 205 Å². The predicted octanol–water partition coefficient (Wildman–Crippen LogP) is 7.29. The molecule has 182 valence electrons. The fourth-order valence-electron chi connectivity index (χ4n) is 3.30. The van der Waals surface area contributed by atoms with E-state index in [9.17, 15) is 9.59 Å². The van der Waals surface area contributed by atoms with Crippen molar-refractivity contribution < 1.29 is 19.1 Å². The van der Waals surface area contributed by atoms with Crippen LogP contribution in [0.25, 0.3) is 0 Å². The van der Waals surface area contributed by atoms with Crippen molar-refractivity contribution in [1.29, 1.82) is 0 Å². The number of rotatable bonds is 8. The molecule has 2 atom stereocenters. The first-order chi connectivity index (χ1) is 15.9. The number of carbonyl (C=O) groups is 2. The predicted molar refractivity (Wildman–Crippen MR) is 137 cm³/mol. The lowest BCUT2D eigenvalue weighted by atomic mass is 9.97. The molecule has 0 fully saturated rings. The lowest BCUT2D eigenvalue weighted by Gasteiger charge is -2.22. The zero-order valence-corrected chi connectivity index (χ0v) is 21.8. The first kappa shape index (κ1) is 27.2. The number of ether oxygens (including phenoxy) is 2. The average Bonchev–Trinajstić information content (AvgIpc) is 2.81. The summed E-state index contributed by atoms with van der Waals surface area (Å²) in [6.07, 6.45) is 2.08. The van der Waals surface area contributed by atoms with Gasteiger partial charge in [-0.05, 0) is 87.8 Å². The Kier molecular flexibility index (Phi) is 9.10. The van der Waals surface area contributed by atoms with Gasteiger partial charge in [0, 0.05) is 0 Å². The van der Waals surface area contributed by atoms with Crippen LogP contribution in [-0.2, 0) is 9.47 Å². The van der Waals surface area contributed by atoms with Crippen LogP contribution in [-0.4, -0.2) is 23.1 Å². The van der Waals surface area contributed by atoms with Crippen molar-refractivity contribution in [1.82, 2.24) is 0 Å². The van der Waals surface area contributed by atoms with E-state index in [0.717, 1.165) is 12.8 Å². The topological polar surface area (TPSA) is 52.6 Å². The van der Waals surface area contributed by atoms with E-state index in [-0.39, 0.29) is 0 Å². The van der Waals surface area contributed by atoms with Crippen LogP contribution in [0.15, 0.2) is 48.5 Å². The molecule has 4 heteroatoms. The van der Waals surface area contributed by atoms with Gasteiger partial charge in [-0.15, -0.1) is 0 Å². The molecule has 2 rings (SSSR count). The van der Waals surface area contributed by atoms with Crippen molar-refractivity contribution in [3.8, 4) is 11.8 Å². The number of carbonyl (C=O) groups excluding carboxylic acids is 2. The smallest absolute Gasteiger partial charge is 0.339 e. The van der Waals surface area contributed by atoms with Crippen LogP contribution < -0.4 is 0 Å². The highest BCUT2D eigenvalue weighted by atomic mass is 16.6. The van der Waals surface area contributed by atoms with Crippen LogP contribution in [0, 0.1) is 11.8 Å². The van der Waals surface area contributed by atoms with Crippen molar-refractivity contribution in [2.75, 3.05) is 0 Å². The maximum atomic E-state index is 12.6. The van der Waals surface area contributed by atoms with E-state index in [1.165, 1.54) is 11.1 Å². The van der Waals surface area contributed by atoms with E-state index in [2.05, 4.69) is 39.5 Å². The van der Waals surface area contributed by atoms with Gasteiger partial charge in [0.25, 0.3) is 0 Å². The minimum atomic E-state index is -1.05. The fraction of sp³-hybridized carbons (Fsp3) is 0.467. The molecule has 0 aliphatic rings. The second kappa shape index (κ2) is 11.4. The van der Waals surface area contributed by atoms with Gasteiger partial charge in [0.05, 0.1) is 11.1 Å². The monoisotopic (exact) mass is 462 g/mol. The molecular weight excluding hydrogens is 424 g/mol. The third-order valence-corrected chi connectivity index (χ3v) is 6.02. The van der Waals surface area contributed by atoms with Crippen LogP contribution in [0.2, 0.25) is 0 Å². The number of benzene rings is 2. The summed E-state index contributed by atoms with van der Waals surface area (Å²) < 4.78 is 11.3. The Morgan fingerprint density at radius 2 is 0.971 bits per heavy atom. The molecule has 0 aromatic heterocycles. The zero-order chi connectivity index (χ0) is 25.5. The quantitative estimate of drug-likeness (QED) is 0.305. The van der Waals surface area contributed by atoms with E-state index in [0.29, 0.717) is 23.0 Å². The molecule has 0 spiro atoms. The average molecular weight is 463 g/mol. The molecule has 0 bridgehead atoms. The van der Waals surface area contributed by atoms with E-state index in [4.69, 9.17) is 9.47 Å². The van der Waals surface area contributed by atoms with Crippen molar-refractivity contribution in [2.45, 2.75) is 91.3 Å². The van der Waals surface area contributed by atoms with Gasteiger partial charge >= 0.3 is 11.9 Å². The van der Waals surface area contributed by atoms with Gasteiger partial charge in [0.15, 0.2) is 11.2 Å². The van der Waals surface area contributed by atoms with Gasteiger partial charge in [-0.1, -0.05) is 63.8 Å². The van der Waals surface area contributed by atoms with Crippen LogP contribution in [0.5, 0.6) is 0 Å². The maximum Gasteiger partial charge on any atom is 0.339 e. The molecule has 0 radical (unpaired) electrons. The lowest BCUT2D eigenvalue weighted by molar-refractivity contribution is 0.0158. The van der Waals surface area contributed by atoms with Gasteiger partial charge in [-0.2, -0.15) is 0 Å². The minimum absolute atomic E-state index is 0.439. The summed E-state index contributed by atoms with van der Waals surface area (Å²) in [6.45, 7) is 15.5. The third kappa shape index (κ3) is 7.76. The Balaban J connectivity index is 2.04. The molecule has 0 heterocycles. The SMILES string of the molecule is CCC(C)c1ccc(C(=O)OC(C)(C)C#CC(C)(C)OC(=O)c2ccc(C(C)CC)cc2)cc1. The molecule has 4 nitrogen and oxygen atoms in total. The molecule has 0 aliphatic heterocycles. The number of esters is 2. The molecule has 0 aliphatic carbocycles. The molecule has 2 aromatic carbocycles. The Morgan fingerprint density at radius 3 is 1.24 bits per heavy atom. The summed E-state index contributed by atoms with van der Waals surface area (Å²) >= 11 is 0. The van der Waals surface area contributed by atoms with Gasteiger partial charge in [-0.25, -0.2) is 9.59 Å². The number of hydrogen-bond donors (Lipinski definition) is 0. The summed E-state index contributed by atoms with van der Waals surface area (Å²) in [5.41, 5.74) is 1.25. The van der Waals surface area contributed by atoms with Gasteiger partial charge in [0.2, 0.25) is 0 Å². The normalized spacial score (nSPS) is 13.3. The van der Waals surface area contributed by atoms with Crippen LogP contribution in [0.4, 0.5) is 0 Å². The van der Waals surface area contributed by atoms with E-state index >= 15 is 0 Å². The highest BCUT2D eigenvalue weighted by molar-refractivity contribution is 5.90. The van der Waals surface area contributed by atoms with Crippen molar-refractivity contribution in [2.24, 2.45) is 0 Å². The van der Waals surface area contributed by atoms with Crippen LogP contribution in [0.3, 0.4) is 0 Å². The molecular formula is C30H38O4. The van der Waals surface area contributed by atoms with Crippen molar-refractivity contribution in [3.05, 3.63) is 70.8 Å². The molecule has 2 unspecified atom stereocenters. The summed E-state index contributed by atoms with van der Waals surface area (Å²) in [5.74, 6) is 5.92. The second-order valence-electron chi connectivity index (χ2n) is 9.91. The largest absolute Gasteiger partial charge is 0.443 e. The van der Waals surface area contributed by atoms with Gasteiger partial charge < -0.3 is 9.47 Å². The standard InChI is InChI=1S/C30H38O4/c1-9-21(3)23-11-15-25(16-12-23)27(31)33-29(5,6)19-20-30(7,8)34-28(32)26-17-13-24(14-18-26)22(4)10-2/h11-18,21-22H,9-10H2,1-8H3. The minimum Gasteiger partial charge on any atom is -0.443 e. The third-order valence-electron chi connectivity index (χ3n) is 6.02. The van der Waals surface area contributed by atoms with E-state index in [1.54, 1.807) is 52.0 Å². The maximum absolute atomic E-state index is 12.6. The molecule has 0 amide bonds. The second-order valence-corrected chi connectivity index (χ2v) is 9.91. The van der Waals surface area contributed by atoms with E-state index in [1.807, 2.05) is 24.3 Å². The molecule has 2 aromatic rings. The molecule has 0 saturated heterocycles. The Hall–Kier alpha value is -3.06. The molecule has 34 heavy (non-hydrogen) atoms. The molecule has 0 N–H and O–H groups in total. The van der Waals surface area contributed by atoms with Gasteiger partial charge in [0.1, 0.15) is 0 Å². The van der Waals surface area contributed by atoms with Crippen LogP contribution in [0.1, 0.15) is 112 Å². The summed E-state index contributed by atoms with van der Waals surface area (Å²) in [5, 5.41) is 0. The summed E-state index contributed by atoms with van der Waals surface area (Å²) in [4.78, 5) is 25.2. The zero-order valence-electron chi connectivity index (χ0n) is 21.8. The molecule has 0 saturated carbocycles. The highest BCUT2D eigenvalue weighted by Gasteiger charge is 2.25. The van der Waals surface area contributed by atoms with Gasteiger partial charge in [-0.3, -0.25) is 0 Å². The van der Waals surface area contributed by atoms with Crippen molar-refractivity contribution in [3.63, 3.8) is 0 Å². The Bertz CT molecular complexity index is 950. The highest BCUT2D eigenvalue weighted by Crippen LogP contribution is 2.22. The van der Waals surface area contributed by atoms with E-state index < -0.39 is 23.1 Å². The Morgan fingerprint density at radius 1 is 0.676 bits per heavy atom. The summed E-state index contributed by atoms with van der Waals surface area (Å²) in [6, 6.07) is 15.0. The summed E-state index contributed by atoms with van der Waals surface area (Å²) in [7, 11) is 0. The fourth-order valence-corrected chi connectivity index (χ4v) is 3.30. The number of hydrogen-bond acceptors (Lipinski definition) is 4. The lowest BCUT2D eigenvalue weighted by Crippen LogP contribution is -2.30. The van der Waals surface area contributed by atoms with Crippen LogP contribution >= 0.6 is 0 Å². The first-order valence-electron chi connectivity index (χ1n) is 12.1. The first-order valence-corrected chi connectivity index (χ1v) is 12.1.